The number of rotatable bonds is 3. The standard InChI is InChI=1S/C12H21N3O3/c1-18-10(6-13)12(17)15-5-4-9-8(7-15)2-3-11(16)14-9/h8-10H,2-7,13H2,1H3,(H,14,16). The number of nitrogens with two attached hydrogens (primary N) is 1. The molecule has 2 amide bonds. The van der Waals surface area contributed by atoms with Gasteiger partial charge in [-0.2, -0.15) is 0 Å². The van der Waals surface area contributed by atoms with Crippen LogP contribution in [-0.4, -0.2) is 55.6 Å². The van der Waals surface area contributed by atoms with E-state index in [1.54, 1.807) is 0 Å². The van der Waals surface area contributed by atoms with Crippen molar-refractivity contribution in [2.24, 2.45) is 11.7 Å². The van der Waals surface area contributed by atoms with Crippen molar-refractivity contribution in [3.05, 3.63) is 0 Å². The van der Waals surface area contributed by atoms with Gasteiger partial charge in [0.15, 0.2) is 0 Å². The number of nitrogens with one attached hydrogen (secondary N) is 1. The molecule has 102 valence electrons. The molecule has 0 radical (unpaired) electrons. The van der Waals surface area contributed by atoms with Gasteiger partial charge in [-0.3, -0.25) is 9.59 Å². The van der Waals surface area contributed by atoms with Crippen molar-refractivity contribution in [1.82, 2.24) is 10.2 Å². The smallest absolute Gasteiger partial charge is 0.253 e. The van der Waals surface area contributed by atoms with E-state index in [0.29, 0.717) is 25.4 Å². The van der Waals surface area contributed by atoms with Gasteiger partial charge < -0.3 is 20.7 Å². The van der Waals surface area contributed by atoms with E-state index in [4.69, 9.17) is 10.5 Å². The van der Waals surface area contributed by atoms with Crippen LogP contribution in [0.4, 0.5) is 0 Å². The molecule has 2 aliphatic rings. The molecule has 0 aromatic carbocycles. The van der Waals surface area contributed by atoms with Crippen LogP contribution in [0, 0.1) is 5.92 Å². The van der Waals surface area contributed by atoms with Gasteiger partial charge in [0.1, 0.15) is 6.10 Å². The molecule has 6 nitrogen and oxygen atoms in total. The lowest BCUT2D eigenvalue weighted by Gasteiger charge is -2.42. The highest BCUT2D eigenvalue weighted by Crippen LogP contribution is 2.25. The van der Waals surface area contributed by atoms with Crippen molar-refractivity contribution in [1.29, 1.82) is 0 Å². The van der Waals surface area contributed by atoms with E-state index in [1.807, 2.05) is 4.90 Å². The van der Waals surface area contributed by atoms with Crippen molar-refractivity contribution in [2.75, 3.05) is 26.7 Å². The molecular formula is C12H21N3O3. The first-order chi connectivity index (χ1) is 8.65. The summed E-state index contributed by atoms with van der Waals surface area (Å²) in [4.78, 5) is 25.3. The Morgan fingerprint density at radius 1 is 1.61 bits per heavy atom. The summed E-state index contributed by atoms with van der Waals surface area (Å²) in [5, 5.41) is 3.00. The Balaban J connectivity index is 1.94. The SMILES string of the molecule is COC(CN)C(=O)N1CCC2NC(=O)CCC2C1. The molecule has 3 atom stereocenters. The molecule has 2 rings (SSSR count). The zero-order valence-corrected chi connectivity index (χ0v) is 10.7. The molecule has 3 N–H and O–H groups in total. The van der Waals surface area contributed by atoms with Crippen molar-refractivity contribution in [2.45, 2.75) is 31.4 Å². The Morgan fingerprint density at radius 2 is 2.39 bits per heavy atom. The second kappa shape index (κ2) is 5.67. The van der Waals surface area contributed by atoms with E-state index >= 15 is 0 Å². The largest absolute Gasteiger partial charge is 0.370 e. The van der Waals surface area contributed by atoms with Crippen LogP contribution in [-0.2, 0) is 14.3 Å². The Labute approximate surface area is 107 Å². The number of fused-ring (bicyclic) bond motifs is 1. The van der Waals surface area contributed by atoms with Crippen LogP contribution in [0.15, 0.2) is 0 Å². The van der Waals surface area contributed by atoms with Gasteiger partial charge in [0.25, 0.3) is 5.91 Å². The first kappa shape index (κ1) is 13.3. The minimum atomic E-state index is -0.542. The molecular weight excluding hydrogens is 234 g/mol. The summed E-state index contributed by atoms with van der Waals surface area (Å²) in [5.74, 6) is 0.471. The molecule has 0 saturated carbocycles. The minimum Gasteiger partial charge on any atom is -0.370 e. The number of piperidine rings is 2. The van der Waals surface area contributed by atoms with Crippen LogP contribution < -0.4 is 11.1 Å². The topological polar surface area (TPSA) is 84.7 Å². The van der Waals surface area contributed by atoms with E-state index < -0.39 is 6.10 Å². The lowest BCUT2D eigenvalue weighted by atomic mass is 9.85. The van der Waals surface area contributed by atoms with Gasteiger partial charge in [-0.1, -0.05) is 0 Å². The highest BCUT2D eigenvalue weighted by molar-refractivity contribution is 5.81. The fourth-order valence-corrected chi connectivity index (χ4v) is 2.81. The zero-order chi connectivity index (χ0) is 13.1. The molecule has 0 aromatic rings. The van der Waals surface area contributed by atoms with Gasteiger partial charge in [0, 0.05) is 39.2 Å². The summed E-state index contributed by atoms with van der Waals surface area (Å²) in [6.45, 7) is 1.57. The number of hydrogen-bond acceptors (Lipinski definition) is 4. The molecule has 2 heterocycles. The van der Waals surface area contributed by atoms with E-state index in [-0.39, 0.29) is 24.4 Å². The number of likely N-dealkylation sites (tertiary alicyclic amines) is 1. The molecule has 18 heavy (non-hydrogen) atoms. The lowest BCUT2D eigenvalue weighted by Crippen LogP contribution is -2.57. The van der Waals surface area contributed by atoms with E-state index in [1.165, 1.54) is 7.11 Å². The molecule has 2 saturated heterocycles. The Morgan fingerprint density at radius 3 is 3.06 bits per heavy atom. The summed E-state index contributed by atoms with van der Waals surface area (Å²) < 4.78 is 5.08. The molecule has 0 aromatic heterocycles. The predicted molar refractivity (Wildman–Crippen MR) is 65.7 cm³/mol. The van der Waals surface area contributed by atoms with Gasteiger partial charge in [0.2, 0.25) is 5.91 Å². The first-order valence-electron chi connectivity index (χ1n) is 6.46. The third-order valence-corrected chi connectivity index (χ3v) is 3.91. The number of hydrogen-bond donors (Lipinski definition) is 2. The van der Waals surface area contributed by atoms with Gasteiger partial charge >= 0.3 is 0 Å². The monoisotopic (exact) mass is 255 g/mol. The zero-order valence-electron chi connectivity index (χ0n) is 10.7. The molecule has 3 unspecified atom stereocenters. The van der Waals surface area contributed by atoms with Crippen LogP contribution in [0.5, 0.6) is 0 Å². The Hall–Kier alpha value is -1.14. The fourth-order valence-electron chi connectivity index (χ4n) is 2.81. The van der Waals surface area contributed by atoms with Crippen LogP contribution in [0.25, 0.3) is 0 Å². The minimum absolute atomic E-state index is 0.0321. The van der Waals surface area contributed by atoms with Gasteiger partial charge in [-0.15, -0.1) is 0 Å². The first-order valence-corrected chi connectivity index (χ1v) is 6.46. The molecule has 0 bridgehead atoms. The maximum atomic E-state index is 12.1. The molecule has 6 heteroatoms. The quantitative estimate of drug-likeness (QED) is 0.683. The highest BCUT2D eigenvalue weighted by atomic mass is 16.5. The average molecular weight is 255 g/mol. The maximum Gasteiger partial charge on any atom is 0.253 e. The second-order valence-electron chi connectivity index (χ2n) is 5.01. The van der Waals surface area contributed by atoms with Gasteiger partial charge in [-0.25, -0.2) is 0 Å². The van der Waals surface area contributed by atoms with Crippen molar-refractivity contribution in [3.63, 3.8) is 0 Å². The molecule has 0 aliphatic carbocycles. The van der Waals surface area contributed by atoms with Gasteiger partial charge in [0.05, 0.1) is 0 Å². The van der Waals surface area contributed by atoms with Gasteiger partial charge in [-0.05, 0) is 18.8 Å². The molecule has 2 fully saturated rings. The van der Waals surface area contributed by atoms with Crippen molar-refractivity contribution < 1.29 is 14.3 Å². The van der Waals surface area contributed by atoms with E-state index in [9.17, 15) is 9.59 Å². The van der Waals surface area contributed by atoms with Crippen molar-refractivity contribution >= 4 is 11.8 Å². The third-order valence-electron chi connectivity index (χ3n) is 3.91. The predicted octanol–water partition coefficient (Wildman–Crippen LogP) is -0.913. The normalized spacial score (nSPS) is 29.4. The average Bonchev–Trinajstić information content (AvgIpc) is 2.39. The van der Waals surface area contributed by atoms with Crippen LogP contribution in [0.3, 0.4) is 0 Å². The molecule has 0 spiro atoms. The number of nitrogens with zero attached hydrogens (tertiary/aromatic N) is 1. The number of carbonyl (C=O) groups excluding carboxylic acids is 2. The summed E-state index contributed by atoms with van der Waals surface area (Å²) in [7, 11) is 1.50. The second-order valence-corrected chi connectivity index (χ2v) is 5.01. The number of methoxy groups -OCH3 is 1. The third kappa shape index (κ3) is 2.64. The van der Waals surface area contributed by atoms with E-state index in [2.05, 4.69) is 5.32 Å². The van der Waals surface area contributed by atoms with Crippen LogP contribution >= 0.6 is 0 Å². The van der Waals surface area contributed by atoms with E-state index in [0.717, 1.165) is 12.8 Å². The molecule has 2 aliphatic heterocycles. The summed E-state index contributed by atoms with van der Waals surface area (Å²) in [5.41, 5.74) is 5.51. The number of amides is 2. The lowest BCUT2D eigenvalue weighted by molar-refractivity contribution is -0.144. The summed E-state index contributed by atoms with van der Waals surface area (Å²) in [6.07, 6.45) is 1.71. The maximum absolute atomic E-state index is 12.1. The van der Waals surface area contributed by atoms with Crippen LogP contribution in [0.2, 0.25) is 0 Å². The van der Waals surface area contributed by atoms with Crippen LogP contribution in [0.1, 0.15) is 19.3 Å². The number of ether oxygens (including phenoxy) is 1. The Kier molecular flexibility index (Phi) is 4.19. The highest BCUT2D eigenvalue weighted by Gasteiger charge is 2.36. The Bertz CT molecular complexity index is 331. The number of carbonyl (C=O) groups is 2. The van der Waals surface area contributed by atoms with Crippen molar-refractivity contribution in [3.8, 4) is 0 Å². The summed E-state index contributed by atoms with van der Waals surface area (Å²) >= 11 is 0. The fraction of sp³-hybridized carbons (Fsp3) is 0.833. The summed E-state index contributed by atoms with van der Waals surface area (Å²) in [6, 6.07) is 0.231.